The van der Waals surface area contributed by atoms with E-state index in [1.165, 1.54) is 0 Å². The number of methoxy groups -OCH3 is 2. The second kappa shape index (κ2) is 9.95. The van der Waals surface area contributed by atoms with Crippen molar-refractivity contribution in [2.45, 2.75) is 32.6 Å². The molecule has 0 saturated carbocycles. The first-order valence-electron chi connectivity index (χ1n) is 7.52. The fraction of sp³-hybridized carbons (Fsp3) is 0.529. The Hall–Kier alpha value is -1.88. The second-order valence-corrected chi connectivity index (χ2v) is 5.09. The van der Waals surface area contributed by atoms with Crippen LogP contribution in [0.1, 0.15) is 42.1 Å². The van der Waals surface area contributed by atoms with Crippen molar-refractivity contribution in [3.63, 3.8) is 0 Å². The van der Waals surface area contributed by atoms with Crippen LogP contribution in [0.3, 0.4) is 0 Å². The van der Waals surface area contributed by atoms with Gasteiger partial charge in [-0.05, 0) is 32.3 Å². The first-order chi connectivity index (χ1) is 10.6. The molecule has 5 heteroatoms. The van der Waals surface area contributed by atoms with Crippen molar-refractivity contribution in [2.24, 2.45) is 0 Å². The van der Waals surface area contributed by atoms with E-state index in [0.717, 1.165) is 30.6 Å². The summed E-state index contributed by atoms with van der Waals surface area (Å²) in [6.45, 7) is 2.62. The van der Waals surface area contributed by atoms with Gasteiger partial charge in [0.25, 0.3) is 0 Å². The maximum atomic E-state index is 11.7. The number of rotatable bonds is 10. The Morgan fingerprint density at radius 1 is 1.18 bits per heavy atom. The minimum absolute atomic E-state index is 0.0314. The van der Waals surface area contributed by atoms with E-state index in [9.17, 15) is 9.59 Å². The van der Waals surface area contributed by atoms with Gasteiger partial charge >= 0.3 is 0 Å². The number of carbonyl (C=O) groups excluding carboxylic acids is 2. The molecule has 0 spiro atoms. The monoisotopic (exact) mass is 307 g/mol. The molecular formula is C17H25NO4. The summed E-state index contributed by atoms with van der Waals surface area (Å²) in [5, 5.41) is 2.79. The van der Waals surface area contributed by atoms with Crippen LogP contribution in [0.5, 0.6) is 5.75 Å². The van der Waals surface area contributed by atoms with Crippen LogP contribution in [0.4, 0.5) is 0 Å². The first-order valence-corrected chi connectivity index (χ1v) is 7.52. The molecule has 0 radical (unpaired) electrons. The van der Waals surface area contributed by atoms with E-state index in [-0.39, 0.29) is 11.7 Å². The molecule has 0 aromatic heterocycles. The molecule has 0 heterocycles. The summed E-state index contributed by atoms with van der Waals surface area (Å²) in [6.07, 6.45) is 2.81. The average molecular weight is 307 g/mol. The van der Waals surface area contributed by atoms with Crippen LogP contribution in [0, 0.1) is 0 Å². The summed E-state index contributed by atoms with van der Waals surface area (Å²) in [7, 11) is 3.21. The van der Waals surface area contributed by atoms with Crippen molar-refractivity contribution in [3.8, 4) is 5.75 Å². The van der Waals surface area contributed by atoms with E-state index < -0.39 is 0 Å². The summed E-state index contributed by atoms with van der Waals surface area (Å²) in [5.74, 6) is 0.798. The number of unbranched alkanes of at least 4 members (excludes halogenated alkanes) is 1. The molecule has 1 N–H and O–H groups in total. The molecule has 0 aliphatic heterocycles. The minimum atomic E-state index is 0.0314. The van der Waals surface area contributed by atoms with Crippen LogP contribution < -0.4 is 10.1 Å². The Morgan fingerprint density at radius 2 is 1.95 bits per heavy atom. The van der Waals surface area contributed by atoms with E-state index in [4.69, 9.17) is 9.47 Å². The molecule has 0 unspecified atom stereocenters. The molecule has 1 amide bonds. The number of benzene rings is 1. The largest absolute Gasteiger partial charge is 0.496 e. The fourth-order valence-corrected chi connectivity index (χ4v) is 2.31. The van der Waals surface area contributed by atoms with Gasteiger partial charge in [0.1, 0.15) is 5.75 Å². The summed E-state index contributed by atoms with van der Waals surface area (Å²) in [4.78, 5) is 23.3. The number of carbonyl (C=O) groups is 2. The number of ether oxygens (including phenoxy) is 2. The lowest BCUT2D eigenvalue weighted by atomic mass is 9.98. The predicted molar refractivity (Wildman–Crippen MR) is 85.4 cm³/mol. The van der Waals surface area contributed by atoms with Crippen molar-refractivity contribution in [1.82, 2.24) is 5.32 Å². The van der Waals surface area contributed by atoms with Crippen LogP contribution in [0.15, 0.2) is 18.2 Å². The van der Waals surface area contributed by atoms with Crippen molar-refractivity contribution in [1.29, 1.82) is 0 Å². The van der Waals surface area contributed by atoms with Crippen molar-refractivity contribution in [3.05, 3.63) is 29.3 Å². The second-order valence-electron chi connectivity index (χ2n) is 5.09. The molecule has 1 aromatic rings. The van der Waals surface area contributed by atoms with Gasteiger partial charge in [-0.1, -0.05) is 12.1 Å². The van der Waals surface area contributed by atoms with Gasteiger partial charge in [-0.25, -0.2) is 0 Å². The highest BCUT2D eigenvalue weighted by Gasteiger charge is 2.12. The molecule has 0 fully saturated rings. The quantitative estimate of drug-likeness (QED) is 0.532. The zero-order valence-corrected chi connectivity index (χ0v) is 13.6. The van der Waals surface area contributed by atoms with Crippen LogP contribution >= 0.6 is 0 Å². The zero-order valence-electron chi connectivity index (χ0n) is 13.6. The molecule has 22 heavy (non-hydrogen) atoms. The molecular weight excluding hydrogens is 282 g/mol. The predicted octanol–water partition coefficient (Wildman–Crippen LogP) is 2.37. The van der Waals surface area contributed by atoms with Crippen LogP contribution in [-0.4, -0.2) is 39.1 Å². The van der Waals surface area contributed by atoms with Crippen LogP contribution in [-0.2, 0) is 16.0 Å². The average Bonchev–Trinajstić information content (AvgIpc) is 2.51. The highest BCUT2D eigenvalue weighted by atomic mass is 16.5. The summed E-state index contributed by atoms with van der Waals surface area (Å²) < 4.78 is 10.2. The topological polar surface area (TPSA) is 64.6 Å². The number of hydrogen-bond donors (Lipinski definition) is 1. The third-order valence-electron chi connectivity index (χ3n) is 3.44. The molecule has 1 rings (SSSR count). The number of ketones is 1. The van der Waals surface area contributed by atoms with Gasteiger partial charge in [-0.3, -0.25) is 9.59 Å². The minimum Gasteiger partial charge on any atom is -0.496 e. The van der Waals surface area contributed by atoms with Crippen LogP contribution in [0.25, 0.3) is 0 Å². The van der Waals surface area contributed by atoms with Crippen molar-refractivity contribution in [2.75, 3.05) is 27.4 Å². The third-order valence-corrected chi connectivity index (χ3v) is 3.44. The first kappa shape index (κ1) is 18.2. The van der Waals surface area contributed by atoms with E-state index in [2.05, 4.69) is 5.32 Å². The number of Topliss-reactive ketones (excluding diaryl/α,β-unsaturated/α-hetero) is 1. The highest BCUT2D eigenvalue weighted by molar-refractivity contribution is 5.96. The Balaban J connectivity index is 2.48. The number of hydrogen-bond acceptors (Lipinski definition) is 4. The lowest BCUT2D eigenvalue weighted by Crippen LogP contribution is -2.26. The zero-order chi connectivity index (χ0) is 16.4. The Kier molecular flexibility index (Phi) is 8.22. The van der Waals surface area contributed by atoms with E-state index >= 15 is 0 Å². The summed E-state index contributed by atoms with van der Waals surface area (Å²) >= 11 is 0. The van der Waals surface area contributed by atoms with Gasteiger partial charge in [0.05, 0.1) is 13.7 Å². The van der Waals surface area contributed by atoms with Crippen molar-refractivity contribution < 1.29 is 19.1 Å². The lowest BCUT2D eigenvalue weighted by molar-refractivity contribution is -0.121. The molecule has 0 aliphatic rings. The van der Waals surface area contributed by atoms with Crippen molar-refractivity contribution >= 4 is 11.7 Å². The van der Waals surface area contributed by atoms with Gasteiger partial charge in [-0.15, -0.1) is 0 Å². The highest BCUT2D eigenvalue weighted by Crippen LogP contribution is 2.24. The van der Waals surface area contributed by atoms with E-state index in [0.29, 0.717) is 25.1 Å². The van der Waals surface area contributed by atoms with Gasteiger partial charge in [0.15, 0.2) is 5.78 Å². The molecule has 0 aliphatic carbocycles. The fourth-order valence-electron chi connectivity index (χ4n) is 2.31. The molecule has 1 aromatic carbocycles. The van der Waals surface area contributed by atoms with E-state index in [1.54, 1.807) is 21.1 Å². The smallest absolute Gasteiger partial charge is 0.220 e. The van der Waals surface area contributed by atoms with E-state index in [1.807, 2.05) is 18.2 Å². The summed E-state index contributed by atoms with van der Waals surface area (Å²) in [6, 6.07) is 5.50. The van der Waals surface area contributed by atoms with Crippen LogP contribution in [0.2, 0.25) is 0 Å². The Labute approximate surface area is 132 Å². The number of amides is 1. The maximum absolute atomic E-state index is 11.7. The standard InChI is InChI=1S/C17H25NO4/c1-13(19)14-8-6-9-16(22-3)15(14)7-4-5-10-17(20)18-11-12-21-2/h6,8-9H,4-5,7,10-12H2,1-3H3,(H,18,20). The van der Waals surface area contributed by atoms with Gasteiger partial charge < -0.3 is 14.8 Å². The Bertz CT molecular complexity index is 499. The number of nitrogens with one attached hydrogen (secondary N) is 1. The Morgan fingerprint density at radius 3 is 2.59 bits per heavy atom. The molecule has 0 atom stereocenters. The lowest BCUT2D eigenvalue weighted by Gasteiger charge is -2.12. The van der Waals surface area contributed by atoms with Gasteiger partial charge in [-0.2, -0.15) is 0 Å². The molecule has 0 saturated heterocycles. The molecule has 122 valence electrons. The van der Waals surface area contributed by atoms with Gasteiger partial charge in [0.2, 0.25) is 5.91 Å². The molecule has 5 nitrogen and oxygen atoms in total. The third kappa shape index (κ3) is 5.85. The normalized spacial score (nSPS) is 10.3. The van der Waals surface area contributed by atoms with Gasteiger partial charge in [0, 0.05) is 31.2 Å². The summed E-state index contributed by atoms with van der Waals surface area (Å²) in [5.41, 5.74) is 1.63. The SMILES string of the molecule is COCCNC(=O)CCCCc1c(OC)cccc1C(C)=O. The molecule has 0 bridgehead atoms. The maximum Gasteiger partial charge on any atom is 0.220 e.